The molecule has 1 saturated carbocycles. The molecule has 0 nitrogen and oxygen atoms in total. The molecule has 1 aliphatic carbocycles. The molecule has 0 aliphatic heterocycles. The quantitative estimate of drug-likeness (QED) is 0.568. The lowest BCUT2D eigenvalue weighted by Crippen LogP contribution is -2.42. The van der Waals surface area contributed by atoms with Gasteiger partial charge in [0.2, 0.25) is 0 Å². The smallest absolute Gasteiger partial charge is 0.00945 e. The van der Waals surface area contributed by atoms with E-state index in [1.807, 2.05) is 0 Å². The lowest BCUT2D eigenvalue weighted by atomic mass is 9.73. The molecule has 3 unspecified atom stereocenters. The fraction of sp³-hybridized carbons (Fsp3) is 1.00. The van der Waals surface area contributed by atoms with Gasteiger partial charge in [-0.25, -0.2) is 0 Å². The van der Waals surface area contributed by atoms with Crippen molar-refractivity contribution in [2.24, 2.45) is 11.8 Å². The third-order valence-electron chi connectivity index (χ3n) is 4.17. The molecule has 15 heavy (non-hydrogen) atoms. The maximum atomic E-state index is 6.81. The van der Waals surface area contributed by atoms with Crippen LogP contribution in [0.1, 0.15) is 60.3 Å². The van der Waals surface area contributed by atoms with Crippen LogP contribution >= 0.6 is 18.5 Å². The van der Waals surface area contributed by atoms with E-state index >= 15 is 0 Å². The SMILES string of the molecule is CC(C)P(Cl)C1(C(C)C)CCCCC1C. The second kappa shape index (κ2) is 5.37. The van der Waals surface area contributed by atoms with Crippen LogP contribution in [0.3, 0.4) is 0 Å². The Morgan fingerprint density at radius 2 is 1.80 bits per heavy atom. The van der Waals surface area contributed by atoms with Gasteiger partial charge in [0, 0.05) is 5.16 Å². The van der Waals surface area contributed by atoms with Crippen molar-refractivity contribution >= 4 is 18.5 Å². The van der Waals surface area contributed by atoms with Gasteiger partial charge in [-0.1, -0.05) is 58.7 Å². The van der Waals surface area contributed by atoms with E-state index in [9.17, 15) is 0 Å². The van der Waals surface area contributed by atoms with Gasteiger partial charge >= 0.3 is 0 Å². The molecule has 0 spiro atoms. The van der Waals surface area contributed by atoms with Crippen LogP contribution in [0.2, 0.25) is 0 Å². The van der Waals surface area contributed by atoms with E-state index < -0.39 is 0 Å². The normalized spacial score (nSPS) is 34.8. The molecule has 0 N–H and O–H groups in total. The van der Waals surface area contributed by atoms with Gasteiger partial charge in [-0.2, -0.15) is 0 Å². The molecule has 1 rings (SSSR count). The minimum Gasteiger partial charge on any atom is -0.0955 e. The predicted molar refractivity (Wildman–Crippen MR) is 73.1 cm³/mol. The number of rotatable bonds is 3. The highest BCUT2D eigenvalue weighted by Gasteiger charge is 2.47. The van der Waals surface area contributed by atoms with E-state index in [2.05, 4.69) is 34.6 Å². The van der Waals surface area contributed by atoms with E-state index in [1.165, 1.54) is 25.7 Å². The first-order chi connectivity index (χ1) is 6.93. The Balaban J connectivity index is 2.95. The Hall–Kier alpha value is 0.720. The Labute approximate surface area is 102 Å². The summed E-state index contributed by atoms with van der Waals surface area (Å²) in [6, 6.07) is 0. The summed E-state index contributed by atoms with van der Waals surface area (Å²) in [6.07, 6.45) is 5.55. The monoisotopic (exact) mass is 248 g/mol. The lowest BCUT2D eigenvalue weighted by molar-refractivity contribution is 0.228. The second-order valence-electron chi connectivity index (χ2n) is 5.70. The van der Waals surface area contributed by atoms with Crippen LogP contribution in [-0.2, 0) is 0 Å². The number of hydrogen-bond donors (Lipinski definition) is 0. The molecule has 0 aromatic rings. The third-order valence-corrected chi connectivity index (χ3v) is 9.17. The van der Waals surface area contributed by atoms with Gasteiger partial charge in [0.15, 0.2) is 0 Å². The zero-order chi connectivity index (χ0) is 11.6. The molecular formula is C13H26ClP. The van der Waals surface area contributed by atoms with Gasteiger partial charge in [0.05, 0.1) is 0 Å². The van der Waals surface area contributed by atoms with E-state index in [-0.39, 0.29) is 7.27 Å². The Bertz CT molecular complexity index is 203. The highest BCUT2D eigenvalue weighted by atomic mass is 35.7. The van der Waals surface area contributed by atoms with Crippen molar-refractivity contribution < 1.29 is 0 Å². The summed E-state index contributed by atoms with van der Waals surface area (Å²) >= 11 is 6.81. The summed E-state index contributed by atoms with van der Waals surface area (Å²) in [5.41, 5.74) is 0.657. The third kappa shape index (κ3) is 2.52. The molecule has 2 heteroatoms. The minimum atomic E-state index is -0.349. The molecule has 0 amide bonds. The van der Waals surface area contributed by atoms with Crippen LogP contribution in [-0.4, -0.2) is 10.8 Å². The van der Waals surface area contributed by atoms with Crippen molar-refractivity contribution in [2.45, 2.75) is 71.1 Å². The summed E-state index contributed by atoms with van der Waals surface area (Å²) in [5, 5.41) is 0.448. The van der Waals surface area contributed by atoms with E-state index in [0.29, 0.717) is 10.8 Å². The van der Waals surface area contributed by atoms with Gasteiger partial charge < -0.3 is 0 Å². The van der Waals surface area contributed by atoms with Gasteiger partial charge in [-0.3, -0.25) is 0 Å². The Morgan fingerprint density at radius 1 is 1.20 bits per heavy atom. The van der Waals surface area contributed by atoms with Crippen LogP contribution in [0.5, 0.6) is 0 Å². The summed E-state index contributed by atoms with van der Waals surface area (Å²) in [5.74, 6) is 1.55. The highest BCUT2D eigenvalue weighted by Crippen LogP contribution is 2.67. The van der Waals surface area contributed by atoms with Crippen molar-refractivity contribution in [3.63, 3.8) is 0 Å². The Morgan fingerprint density at radius 3 is 2.20 bits per heavy atom. The van der Waals surface area contributed by atoms with Gasteiger partial charge in [0.25, 0.3) is 0 Å². The molecule has 0 bridgehead atoms. The first kappa shape index (κ1) is 13.8. The standard InChI is InChI=1S/C13H26ClP/c1-10(2)13(15(14)11(3)4)9-7-6-8-12(13)5/h10-12H,6-9H2,1-5H3. The first-order valence-electron chi connectivity index (χ1n) is 6.38. The maximum absolute atomic E-state index is 6.81. The molecule has 90 valence electrons. The van der Waals surface area contributed by atoms with E-state index in [0.717, 1.165) is 11.8 Å². The van der Waals surface area contributed by atoms with Crippen LogP contribution in [0.15, 0.2) is 0 Å². The highest BCUT2D eigenvalue weighted by molar-refractivity contribution is 7.85. The zero-order valence-corrected chi connectivity index (χ0v) is 12.5. The van der Waals surface area contributed by atoms with Gasteiger partial charge in [-0.15, -0.1) is 0 Å². The lowest BCUT2D eigenvalue weighted by Gasteiger charge is -2.50. The average molecular weight is 249 g/mol. The average Bonchev–Trinajstić information content (AvgIpc) is 2.17. The van der Waals surface area contributed by atoms with Crippen LogP contribution in [0.25, 0.3) is 0 Å². The Kier molecular flexibility index (Phi) is 4.93. The number of halogens is 1. The van der Waals surface area contributed by atoms with Crippen LogP contribution in [0, 0.1) is 11.8 Å². The van der Waals surface area contributed by atoms with Crippen LogP contribution in [0.4, 0.5) is 0 Å². The fourth-order valence-electron chi connectivity index (χ4n) is 3.26. The van der Waals surface area contributed by atoms with E-state index in [1.54, 1.807) is 0 Å². The maximum Gasteiger partial charge on any atom is 0.00945 e. The van der Waals surface area contributed by atoms with Crippen molar-refractivity contribution in [2.75, 3.05) is 0 Å². The first-order valence-corrected chi connectivity index (χ1v) is 8.69. The zero-order valence-electron chi connectivity index (χ0n) is 10.9. The molecule has 0 aromatic heterocycles. The summed E-state index contributed by atoms with van der Waals surface area (Å²) in [6.45, 7) is 11.8. The predicted octanol–water partition coefficient (Wildman–Crippen LogP) is 5.64. The summed E-state index contributed by atoms with van der Waals surface area (Å²) in [7, 11) is -0.349. The van der Waals surface area contributed by atoms with Crippen molar-refractivity contribution in [1.82, 2.24) is 0 Å². The minimum absolute atomic E-state index is 0.349. The summed E-state index contributed by atoms with van der Waals surface area (Å²) < 4.78 is 0. The molecule has 0 aromatic carbocycles. The molecule has 3 atom stereocenters. The van der Waals surface area contributed by atoms with Gasteiger partial charge in [0.1, 0.15) is 0 Å². The molecular weight excluding hydrogens is 223 g/mol. The fourth-order valence-corrected chi connectivity index (χ4v) is 6.97. The van der Waals surface area contributed by atoms with Crippen molar-refractivity contribution in [3.05, 3.63) is 0 Å². The summed E-state index contributed by atoms with van der Waals surface area (Å²) in [4.78, 5) is 0. The number of hydrogen-bond acceptors (Lipinski definition) is 0. The van der Waals surface area contributed by atoms with Crippen LogP contribution < -0.4 is 0 Å². The van der Waals surface area contributed by atoms with E-state index in [4.69, 9.17) is 11.2 Å². The van der Waals surface area contributed by atoms with Crippen molar-refractivity contribution in [1.29, 1.82) is 0 Å². The second-order valence-corrected chi connectivity index (χ2v) is 9.28. The molecule has 1 aliphatic rings. The molecule has 1 fully saturated rings. The van der Waals surface area contributed by atoms with Crippen molar-refractivity contribution in [3.8, 4) is 0 Å². The molecule has 0 saturated heterocycles. The topological polar surface area (TPSA) is 0 Å². The van der Waals surface area contributed by atoms with Gasteiger partial charge in [-0.05, 0) is 37.6 Å². The molecule has 0 radical (unpaired) electrons. The largest absolute Gasteiger partial charge is 0.0955 e. The molecule has 0 heterocycles.